The van der Waals surface area contributed by atoms with Gasteiger partial charge in [-0.25, -0.2) is 0 Å². The van der Waals surface area contributed by atoms with Crippen LogP contribution in [0.5, 0.6) is 5.75 Å². The van der Waals surface area contributed by atoms with Gasteiger partial charge in [-0.15, -0.1) is 0 Å². The highest BCUT2D eigenvalue weighted by atomic mass is 16.5. The van der Waals surface area contributed by atoms with Crippen molar-refractivity contribution < 1.29 is 4.74 Å². The second-order valence-electron chi connectivity index (χ2n) is 4.42. The molecule has 2 heteroatoms. The number of ether oxygens (including phenoxy) is 1. The standard InChI is InChI=1S/C17H15NO/c1-19-17-8-4-7-15(12-17)18-16-10-9-13-5-2-3-6-14(13)11-16/h2-12,18H,1H3. The Morgan fingerprint density at radius 2 is 1.53 bits per heavy atom. The largest absolute Gasteiger partial charge is 0.497 e. The molecule has 2 nitrogen and oxygen atoms in total. The van der Waals surface area contributed by atoms with Crippen molar-refractivity contribution in [2.45, 2.75) is 0 Å². The molecule has 0 saturated carbocycles. The SMILES string of the molecule is COc1cccc(Nc2ccc3ccccc3c2)c1. The van der Waals surface area contributed by atoms with Crippen molar-refractivity contribution in [2.75, 3.05) is 12.4 Å². The molecule has 0 radical (unpaired) electrons. The Hall–Kier alpha value is -2.48. The van der Waals surface area contributed by atoms with Crippen molar-refractivity contribution in [2.24, 2.45) is 0 Å². The zero-order chi connectivity index (χ0) is 13.1. The molecule has 0 aliphatic carbocycles. The summed E-state index contributed by atoms with van der Waals surface area (Å²) >= 11 is 0. The normalized spacial score (nSPS) is 10.4. The Bertz CT molecular complexity index is 706. The van der Waals surface area contributed by atoms with Crippen LogP contribution in [0.25, 0.3) is 10.8 Å². The Morgan fingerprint density at radius 3 is 2.37 bits per heavy atom. The first-order valence-electron chi connectivity index (χ1n) is 6.25. The lowest BCUT2D eigenvalue weighted by Gasteiger charge is -2.09. The van der Waals surface area contributed by atoms with E-state index in [1.807, 2.05) is 24.3 Å². The van der Waals surface area contributed by atoms with Crippen LogP contribution in [0, 0.1) is 0 Å². The quantitative estimate of drug-likeness (QED) is 0.733. The second-order valence-corrected chi connectivity index (χ2v) is 4.42. The molecule has 3 rings (SSSR count). The van der Waals surface area contributed by atoms with Crippen LogP contribution in [0.2, 0.25) is 0 Å². The predicted octanol–water partition coefficient (Wildman–Crippen LogP) is 4.59. The Balaban J connectivity index is 1.92. The van der Waals surface area contributed by atoms with Crippen LogP contribution in [0.3, 0.4) is 0 Å². The third-order valence-electron chi connectivity index (χ3n) is 3.11. The van der Waals surface area contributed by atoms with Gasteiger partial charge in [0, 0.05) is 17.4 Å². The van der Waals surface area contributed by atoms with Crippen LogP contribution >= 0.6 is 0 Å². The number of methoxy groups -OCH3 is 1. The predicted molar refractivity (Wildman–Crippen MR) is 80.2 cm³/mol. The van der Waals surface area contributed by atoms with Crippen LogP contribution in [-0.4, -0.2) is 7.11 Å². The van der Waals surface area contributed by atoms with E-state index >= 15 is 0 Å². The number of hydrogen-bond donors (Lipinski definition) is 1. The first kappa shape index (κ1) is 11.6. The summed E-state index contributed by atoms with van der Waals surface area (Å²) < 4.78 is 5.22. The fourth-order valence-electron chi connectivity index (χ4n) is 2.13. The minimum absolute atomic E-state index is 0.853. The number of hydrogen-bond acceptors (Lipinski definition) is 2. The molecule has 0 saturated heterocycles. The Morgan fingerprint density at radius 1 is 0.737 bits per heavy atom. The van der Waals surface area contributed by atoms with E-state index in [1.165, 1.54) is 10.8 Å². The fourth-order valence-corrected chi connectivity index (χ4v) is 2.13. The number of anilines is 2. The molecule has 3 aromatic carbocycles. The van der Waals surface area contributed by atoms with E-state index in [1.54, 1.807) is 7.11 Å². The molecule has 0 amide bonds. The zero-order valence-corrected chi connectivity index (χ0v) is 10.8. The van der Waals surface area contributed by atoms with Crippen molar-refractivity contribution in [3.8, 4) is 5.75 Å². The zero-order valence-electron chi connectivity index (χ0n) is 10.8. The molecule has 0 spiro atoms. The molecule has 0 atom stereocenters. The average molecular weight is 249 g/mol. The first-order chi connectivity index (χ1) is 9.35. The smallest absolute Gasteiger partial charge is 0.120 e. The molecule has 0 aromatic heterocycles. The van der Waals surface area contributed by atoms with Gasteiger partial charge in [-0.05, 0) is 35.0 Å². The van der Waals surface area contributed by atoms with E-state index in [9.17, 15) is 0 Å². The van der Waals surface area contributed by atoms with Gasteiger partial charge in [0.25, 0.3) is 0 Å². The molecule has 1 N–H and O–H groups in total. The second kappa shape index (κ2) is 5.02. The summed E-state index contributed by atoms with van der Waals surface area (Å²) in [6.07, 6.45) is 0. The molecule has 0 fully saturated rings. The van der Waals surface area contributed by atoms with Crippen molar-refractivity contribution in [1.29, 1.82) is 0 Å². The fraction of sp³-hybridized carbons (Fsp3) is 0.0588. The van der Waals surface area contributed by atoms with Crippen molar-refractivity contribution in [3.05, 3.63) is 66.7 Å². The van der Waals surface area contributed by atoms with Crippen molar-refractivity contribution in [3.63, 3.8) is 0 Å². The molecule has 0 unspecified atom stereocenters. The van der Waals surface area contributed by atoms with Gasteiger partial charge in [-0.3, -0.25) is 0 Å². The monoisotopic (exact) mass is 249 g/mol. The highest BCUT2D eigenvalue weighted by Gasteiger charge is 1.98. The Kier molecular flexibility index (Phi) is 3.07. The van der Waals surface area contributed by atoms with Gasteiger partial charge in [0.2, 0.25) is 0 Å². The molecule has 0 heterocycles. The number of benzene rings is 3. The average Bonchev–Trinajstić information content (AvgIpc) is 2.47. The number of rotatable bonds is 3. The minimum Gasteiger partial charge on any atom is -0.497 e. The van der Waals surface area contributed by atoms with E-state index < -0.39 is 0 Å². The van der Waals surface area contributed by atoms with Gasteiger partial charge >= 0.3 is 0 Å². The number of nitrogens with one attached hydrogen (secondary N) is 1. The summed E-state index contributed by atoms with van der Waals surface area (Å²) in [6.45, 7) is 0. The summed E-state index contributed by atoms with van der Waals surface area (Å²) in [5, 5.41) is 5.87. The third-order valence-corrected chi connectivity index (χ3v) is 3.11. The van der Waals surface area contributed by atoms with Gasteiger partial charge in [-0.2, -0.15) is 0 Å². The van der Waals surface area contributed by atoms with Crippen LogP contribution in [0.4, 0.5) is 11.4 Å². The van der Waals surface area contributed by atoms with E-state index in [4.69, 9.17) is 4.74 Å². The summed E-state index contributed by atoms with van der Waals surface area (Å²) in [7, 11) is 1.68. The van der Waals surface area contributed by atoms with Crippen LogP contribution in [0.1, 0.15) is 0 Å². The lowest BCUT2D eigenvalue weighted by Crippen LogP contribution is -1.91. The lowest BCUT2D eigenvalue weighted by atomic mass is 10.1. The highest BCUT2D eigenvalue weighted by molar-refractivity contribution is 5.86. The van der Waals surface area contributed by atoms with Crippen molar-refractivity contribution >= 4 is 22.1 Å². The van der Waals surface area contributed by atoms with Gasteiger partial charge in [-0.1, -0.05) is 36.4 Å². The maximum atomic E-state index is 5.22. The van der Waals surface area contributed by atoms with Crippen LogP contribution < -0.4 is 10.1 Å². The third kappa shape index (κ3) is 2.52. The molecule has 19 heavy (non-hydrogen) atoms. The molecule has 0 aliphatic rings. The van der Waals surface area contributed by atoms with E-state index in [2.05, 4.69) is 47.8 Å². The molecule has 94 valence electrons. The van der Waals surface area contributed by atoms with Gasteiger partial charge < -0.3 is 10.1 Å². The highest BCUT2D eigenvalue weighted by Crippen LogP contribution is 2.24. The first-order valence-corrected chi connectivity index (χ1v) is 6.25. The van der Waals surface area contributed by atoms with E-state index in [0.29, 0.717) is 0 Å². The summed E-state index contributed by atoms with van der Waals surface area (Å²) in [5.74, 6) is 0.853. The molecule has 0 bridgehead atoms. The van der Waals surface area contributed by atoms with E-state index in [0.717, 1.165) is 17.1 Å². The lowest BCUT2D eigenvalue weighted by molar-refractivity contribution is 0.415. The molecular formula is C17H15NO. The summed E-state index contributed by atoms with van der Waals surface area (Å²) in [4.78, 5) is 0. The molecule has 3 aromatic rings. The van der Waals surface area contributed by atoms with Crippen LogP contribution in [-0.2, 0) is 0 Å². The van der Waals surface area contributed by atoms with Gasteiger partial charge in [0.1, 0.15) is 5.75 Å². The van der Waals surface area contributed by atoms with Gasteiger partial charge in [0.15, 0.2) is 0 Å². The molecule has 0 aliphatic heterocycles. The molecular weight excluding hydrogens is 234 g/mol. The maximum Gasteiger partial charge on any atom is 0.120 e. The Labute approximate surface area is 112 Å². The minimum atomic E-state index is 0.853. The number of fused-ring (bicyclic) bond motifs is 1. The summed E-state index contributed by atoms with van der Waals surface area (Å²) in [5.41, 5.74) is 2.10. The topological polar surface area (TPSA) is 21.3 Å². The summed E-state index contributed by atoms with van der Waals surface area (Å²) in [6, 6.07) is 22.6. The maximum absolute atomic E-state index is 5.22. The van der Waals surface area contributed by atoms with Gasteiger partial charge in [0.05, 0.1) is 7.11 Å². The van der Waals surface area contributed by atoms with Crippen molar-refractivity contribution in [1.82, 2.24) is 0 Å². The van der Waals surface area contributed by atoms with Crippen LogP contribution in [0.15, 0.2) is 66.7 Å². The van der Waals surface area contributed by atoms with E-state index in [-0.39, 0.29) is 0 Å².